The molecule has 5 unspecified atom stereocenters. The highest BCUT2D eigenvalue weighted by Gasteiger charge is 2.36. The van der Waals surface area contributed by atoms with Gasteiger partial charge in [0.25, 0.3) is 0 Å². The first kappa shape index (κ1) is 14.8. The Bertz CT molecular complexity index is 348. The molecule has 3 N–H and O–H groups in total. The predicted octanol–water partition coefficient (Wildman–Crippen LogP) is 1.60. The Morgan fingerprint density at radius 3 is 2.83 bits per heavy atom. The van der Waals surface area contributed by atoms with Crippen LogP contribution in [0.1, 0.15) is 34.1 Å². The molecule has 0 fully saturated rings. The fraction of sp³-hybridized carbons (Fsp3) is 0.714. The van der Waals surface area contributed by atoms with E-state index in [2.05, 4.69) is 26.1 Å². The van der Waals surface area contributed by atoms with Crippen molar-refractivity contribution in [2.75, 3.05) is 0 Å². The molecule has 0 aliphatic carbocycles. The molecule has 18 heavy (non-hydrogen) atoms. The van der Waals surface area contributed by atoms with Crippen LogP contribution >= 0.6 is 0 Å². The Kier molecular flexibility index (Phi) is 5.45. The fourth-order valence-corrected chi connectivity index (χ4v) is 2.39. The van der Waals surface area contributed by atoms with Crippen LogP contribution in [0.2, 0.25) is 0 Å². The molecule has 0 bridgehead atoms. The maximum atomic E-state index is 10.3. The van der Waals surface area contributed by atoms with Gasteiger partial charge in [-0.15, -0.1) is 0 Å². The van der Waals surface area contributed by atoms with Gasteiger partial charge >= 0.3 is 0 Å². The zero-order chi connectivity index (χ0) is 13.7. The van der Waals surface area contributed by atoms with Crippen LogP contribution in [0.4, 0.5) is 0 Å². The van der Waals surface area contributed by atoms with Crippen molar-refractivity contribution in [1.82, 2.24) is 5.32 Å². The summed E-state index contributed by atoms with van der Waals surface area (Å²) in [7, 11) is 0. The van der Waals surface area contributed by atoms with Crippen LogP contribution in [0.3, 0.4) is 0 Å². The van der Waals surface area contributed by atoms with Gasteiger partial charge in [-0.05, 0) is 24.8 Å². The Morgan fingerprint density at radius 1 is 1.61 bits per heavy atom. The van der Waals surface area contributed by atoms with Gasteiger partial charge in [0.2, 0.25) is 0 Å². The van der Waals surface area contributed by atoms with Crippen molar-refractivity contribution in [3.05, 3.63) is 18.0 Å². The topological polar surface area (TPSA) is 64.3 Å². The van der Waals surface area contributed by atoms with Crippen molar-refractivity contribution in [3.63, 3.8) is 0 Å². The monoisotopic (exact) mass is 252 g/mol. The largest absolute Gasteiger partial charge is 0.493 e. The Hall–Kier alpha value is -1.25. The minimum absolute atomic E-state index is 0.0236. The van der Waals surface area contributed by atoms with E-state index in [9.17, 15) is 4.79 Å². The zero-order valence-electron chi connectivity index (χ0n) is 11.6. The molecule has 0 spiro atoms. The molecule has 1 aliphatic heterocycles. The quantitative estimate of drug-likeness (QED) is 0.730. The van der Waals surface area contributed by atoms with E-state index in [4.69, 9.17) is 10.5 Å². The third-order valence-corrected chi connectivity index (χ3v) is 3.91. The summed E-state index contributed by atoms with van der Waals surface area (Å²) in [6.45, 7) is 8.46. The van der Waals surface area contributed by atoms with E-state index in [0.29, 0.717) is 11.8 Å². The maximum Gasteiger partial charge on any atom is 0.141 e. The van der Waals surface area contributed by atoms with Crippen molar-refractivity contribution in [2.24, 2.45) is 17.6 Å². The van der Waals surface area contributed by atoms with Gasteiger partial charge in [-0.3, -0.25) is 0 Å². The lowest BCUT2D eigenvalue weighted by atomic mass is 9.82. The summed E-state index contributed by atoms with van der Waals surface area (Å²) in [5.41, 5.74) is 6.11. The van der Waals surface area contributed by atoms with Crippen LogP contribution in [0.15, 0.2) is 18.0 Å². The minimum Gasteiger partial charge on any atom is -0.493 e. The summed E-state index contributed by atoms with van der Waals surface area (Å²) in [6, 6.07) is -0.237. The van der Waals surface area contributed by atoms with Crippen LogP contribution in [-0.2, 0) is 9.53 Å². The van der Waals surface area contributed by atoms with Crippen molar-refractivity contribution in [3.8, 4) is 0 Å². The molecule has 4 nitrogen and oxygen atoms in total. The van der Waals surface area contributed by atoms with E-state index >= 15 is 0 Å². The lowest BCUT2D eigenvalue weighted by Gasteiger charge is -2.40. The molecule has 0 saturated heterocycles. The van der Waals surface area contributed by atoms with E-state index in [1.807, 2.05) is 13.0 Å². The highest BCUT2D eigenvalue weighted by atomic mass is 16.5. The summed E-state index contributed by atoms with van der Waals surface area (Å²) in [5, 5.41) is 3.01. The van der Waals surface area contributed by atoms with E-state index in [0.717, 1.165) is 12.2 Å². The van der Waals surface area contributed by atoms with Gasteiger partial charge in [0.05, 0.1) is 24.0 Å². The molecule has 1 rings (SSSR count). The first-order valence-corrected chi connectivity index (χ1v) is 6.57. The first-order chi connectivity index (χ1) is 8.51. The molecule has 0 aromatic heterocycles. The van der Waals surface area contributed by atoms with Crippen molar-refractivity contribution in [2.45, 2.75) is 52.3 Å². The van der Waals surface area contributed by atoms with Crippen LogP contribution in [0.25, 0.3) is 0 Å². The van der Waals surface area contributed by atoms with Gasteiger partial charge in [-0.1, -0.05) is 27.2 Å². The molecule has 0 radical (unpaired) electrons. The third kappa shape index (κ3) is 3.37. The standard InChI is InChI=1S/C14H24N2O2/c1-5-9(2)11(4)14-13(16-6-7-17)12(15)8-10(3)18-14/h6,8-9,11-14,16H,5,15H2,1-4H3. The van der Waals surface area contributed by atoms with E-state index in [1.165, 1.54) is 6.20 Å². The summed E-state index contributed by atoms with van der Waals surface area (Å²) < 4.78 is 5.92. The predicted molar refractivity (Wildman–Crippen MR) is 72.4 cm³/mol. The molecule has 0 amide bonds. The zero-order valence-corrected chi connectivity index (χ0v) is 11.6. The van der Waals surface area contributed by atoms with Crippen molar-refractivity contribution >= 4 is 5.94 Å². The summed E-state index contributed by atoms with van der Waals surface area (Å²) in [5.74, 6) is 3.49. The van der Waals surface area contributed by atoms with Gasteiger partial charge in [0, 0.05) is 0 Å². The SMILES string of the molecule is CCC(C)C(C)C1OC(C)=CC(N)C1NC=C=O. The number of ether oxygens (including phenoxy) is 1. The second kappa shape index (κ2) is 6.62. The number of nitrogens with two attached hydrogens (primary N) is 1. The van der Waals surface area contributed by atoms with Crippen LogP contribution in [-0.4, -0.2) is 24.1 Å². The molecule has 0 saturated carbocycles. The highest BCUT2D eigenvalue weighted by Crippen LogP contribution is 2.28. The van der Waals surface area contributed by atoms with Gasteiger partial charge in [-0.2, -0.15) is 0 Å². The molecule has 0 aromatic carbocycles. The lowest BCUT2D eigenvalue weighted by molar-refractivity contribution is 0.00685. The van der Waals surface area contributed by atoms with Crippen LogP contribution in [0.5, 0.6) is 0 Å². The number of rotatable bonds is 5. The van der Waals surface area contributed by atoms with E-state index in [1.54, 1.807) is 5.94 Å². The average Bonchev–Trinajstić information content (AvgIpc) is 2.35. The van der Waals surface area contributed by atoms with Gasteiger partial charge in [0.1, 0.15) is 12.0 Å². The molecular formula is C14H24N2O2. The minimum atomic E-state index is -0.153. The van der Waals surface area contributed by atoms with Gasteiger partial charge < -0.3 is 15.8 Å². The molecule has 4 heteroatoms. The highest BCUT2D eigenvalue weighted by molar-refractivity contribution is 5.44. The molecule has 5 atom stereocenters. The number of hydrogen-bond donors (Lipinski definition) is 2. The van der Waals surface area contributed by atoms with Crippen LogP contribution < -0.4 is 11.1 Å². The third-order valence-electron chi connectivity index (χ3n) is 3.91. The van der Waals surface area contributed by atoms with Gasteiger partial charge in [0.15, 0.2) is 0 Å². The average molecular weight is 252 g/mol. The van der Waals surface area contributed by atoms with E-state index in [-0.39, 0.29) is 18.2 Å². The molecule has 0 aromatic rings. The van der Waals surface area contributed by atoms with Crippen molar-refractivity contribution < 1.29 is 9.53 Å². The van der Waals surface area contributed by atoms with Crippen molar-refractivity contribution in [1.29, 1.82) is 0 Å². The fourth-order valence-electron chi connectivity index (χ4n) is 2.39. The lowest BCUT2D eigenvalue weighted by Crippen LogP contribution is -2.56. The number of hydrogen-bond acceptors (Lipinski definition) is 4. The normalized spacial score (nSPS) is 30.5. The second-order valence-electron chi connectivity index (χ2n) is 5.14. The molecular weight excluding hydrogens is 228 g/mol. The molecule has 1 aliphatic rings. The number of nitrogens with one attached hydrogen (secondary N) is 1. The van der Waals surface area contributed by atoms with Crippen LogP contribution in [0, 0.1) is 11.8 Å². The smallest absolute Gasteiger partial charge is 0.141 e. The van der Waals surface area contributed by atoms with Gasteiger partial charge in [-0.25, -0.2) is 4.79 Å². The number of allylic oxidation sites excluding steroid dienone is 1. The molecule has 1 heterocycles. The maximum absolute atomic E-state index is 10.3. The number of carbonyl (C=O) groups excluding carboxylic acids is 1. The summed E-state index contributed by atoms with van der Waals surface area (Å²) >= 11 is 0. The van der Waals surface area contributed by atoms with E-state index < -0.39 is 0 Å². The molecule has 102 valence electrons. The summed E-state index contributed by atoms with van der Waals surface area (Å²) in [6.07, 6.45) is 4.23. The Balaban J connectivity index is 2.89. The second-order valence-corrected chi connectivity index (χ2v) is 5.14. The first-order valence-electron chi connectivity index (χ1n) is 6.57. The summed E-state index contributed by atoms with van der Waals surface area (Å²) in [4.78, 5) is 10.3. The Morgan fingerprint density at radius 2 is 2.28 bits per heavy atom. The Labute approximate surface area is 109 Å².